The number of para-hydroxylation sites is 1. The minimum Gasteiger partial charge on any atom is -0.494 e. The van der Waals surface area contributed by atoms with Gasteiger partial charge in [-0.05, 0) is 12.1 Å². The van der Waals surface area contributed by atoms with Gasteiger partial charge in [0.05, 0.1) is 11.8 Å². The summed E-state index contributed by atoms with van der Waals surface area (Å²) >= 11 is 6.79. The van der Waals surface area contributed by atoms with Crippen LogP contribution in [-0.4, -0.2) is 23.9 Å². The third kappa shape index (κ3) is 3.00. The van der Waals surface area contributed by atoms with Crippen LogP contribution in [0.2, 0.25) is 0 Å². The predicted molar refractivity (Wildman–Crippen MR) is 72.8 cm³/mol. The summed E-state index contributed by atoms with van der Waals surface area (Å²) in [4.78, 5) is 15.4. The van der Waals surface area contributed by atoms with Crippen LogP contribution < -0.4 is 10.1 Å². The van der Waals surface area contributed by atoms with Crippen LogP contribution in [-0.2, 0) is 4.79 Å². The molecule has 0 aliphatic carbocycles. The Kier molecular flexibility index (Phi) is 4.99. The monoisotopic (exact) mass is 292 g/mol. The second kappa shape index (κ2) is 6.05. The van der Waals surface area contributed by atoms with E-state index in [1.165, 1.54) is 11.3 Å². The van der Waals surface area contributed by atoms with Gasteiger partial charge in [0.2, 0.25) is 5.91 Å². The van der Waals surface area contributed by atoms with Gasteiger partial charge in [0.1, 0.15) is 17.1 Å². The van der Waals surface area contributed by atoms with Crippen LogP contribution in [0.4, 0.5) is 5.13 Å². The van der Waals surface area contributed by atoms with Crippen molar-refractivity contribution in [1.82, 2.24) is 4.98 Å². The summed E-state index contributed by atoms with van der Waals surface area (Å²) in [5, 5.41) is 3.15. The fraction of sp³-hybridized carbons (Fsp3) is 0.200. The number of carbonyl (C=O) groups is 1. The van der Waals surface area contributed by atoms with Crippen molar-refractivity contribution in [2.45, 2.75) is 0 Å². The maximum Gasteiger partial charge on any atom is 0.241 e. The summed E-state index contributed by atoms with van der Waals surface area (Å²) < 4.78 is 6.14. The number of anilines is 1. The lowest BCUT2D eigenvalue weighted by Gasteiger charge is -1.98. The molecule has 0 unspecified atom stereocenters. The summed E-state index contributed by atoms with van der Waals surface area (Å²) in [6.45, 7) is 0. The Morgan fingerprint density at radius 1 is 1.59 bits per heavy atom. The van der Waals surface area contributed by atoms with Crippen molar-refractivity contribution < 1.29 is 9.53 Å². The van der Waals surface area contributed by atoms with Gasteiger partial charge in [-0.2, -0.15) is 0 Å². The van der Waals surface area contributed by atoms with Crippen LogP contribution in [0.3, 0.4) is 0 Å². The van der Waals surface area contributed by atoms with E-state index < -0.39 is 0 Å². The zero-order valence-electron chi connectivity index (χ0n) is 8.90. The number of halogens is 2. The van der Waals surface area contributed by atoms with Crippen molar-refractivity contribution in [3.05, 3.63) is 18.2 Å². The van der Waals surface area contributed by atoms with E-state index in [4.69, 9.17) is 16.3 Å². The molecule has 1 heterocycles. The molecule has 1 aromatic carbocycles. The van der Waals surface area contributed by atoms with Gasteiger partial charge in [0.25, 0.3) is 0 Å². The zero-order valence-corrected chi connectivity index (χ0v) is 11.3. The van der Waals surface area contributed by atoms with Gasteiger partial charge in [-0.15, -0.1) is 24.0 Å². The number of hydrogen-bond acceptors (Lipinski definition) is 4. The van der Waals surface area contributed by atoms with Crippen LogP contribution in [0.25, 0.3) is 10.2 Å². The van der Waals surface area contributed by atoms with Gasteiger partial charge >= 0.3 is 0 Å². The summed E-state index contributed by atoms with van der Waals surface area (Å²) in [7, 11) is 1.59. The standard InChI is InChI=1S/C10H9ClN2O2S.ClH/c1-15-6-3-2-4-7-9(6)13-10(16-7)12-8(14)5-11;/h2-4H,5H2,1H3,(H,12,13,14);1H. The number of amides is 1. The molecule has 2 rings (SSSR count). The molecule has 4 nitrogen and oxygen atoms in total. The molecule has 1 amide bonds. The van der Waals surface area contributed by atoms with Gasteiger partial charge < -0.3 is 10.1 Å². The summed E-state index contributed by atoms with van der Waals surface area (Å²) in [5.41, 5.74) is 0.750. The molecule has 7 heteroatoms. The lowest BCUT2D eigenvalue weighted by molar-refractivity contribution is -0.113. The van der Waals surface area contributed by atoms with E-state index in [2.05, 4.69) is 10.3 Å². The van der Waals surface area contributed by atoms with E-state index in [0.717, 1.165) is 10.2 Å². The average molecular weight is 293 g/mol. The number of hydrogen-bond donors (Lipinski definition) is 1. The number of nitrogens with one attached hydrogen (secondary N) is 1. The third-order valence-electron chi connectivity index (χ3n) is 1.97. The van der Waals surface area contributed by atoms with Crippen molar-refractivity contribution >= 4 is 56.6 Å². The first-order chi connectivity index (χ1) is 7.74. The molecule has 0 aliphatic rings. The molecule has 0 bridgehead atoms. The van der Waals surface area contributed by atoms with E-state index in [1.807, 2.05) is 18.2 Å². The number of ether oxygens (including phenoxy) is 1. The number of carbonyl (C=O) groups excluding carboxylic acids is 1. The van der Waals surface area contributed by atoms with Gasteiger partial charge in [-0.1, -0.05) is 17.4 Å². The van der Waals surface area contributed by atoms with E-state index in [1.54, 1.807) is 7.11 Å². The van der Waals surface area contributed by atoms with E-state index in [0.29, 0.717) is 10.9 Å². The number of alkyl halides is 1. The Morgan fingerprint density at radius 3 is 3.00 bits per heavy atom. The number of aromatic nitrogens is 1. The first kappa shape index (κ1) is 14.0. The highest BCUT2D eigenvalue weighted by atomic mass is 35.5. The molecule has 0 fully saturated rings. The highest BCUT2D eigenvalue weighted by Gasteiger charge is 2.09. The number of nitrogens with zero attached hydrogens (tertiary/aromatic N) is 1. The van der Waals surface area contributed by atoms with Crippen molar-refractivity contribution in [1.29, 1.82) is 0 Å². The summed E-state index contributed by atoms with van der Waals surface area (Å²) in [6, 6.07) is 5.63. The topological polar surface area (TPSA) is 51.2 Å². The smallest absolute Gasteiger partial charge is 0.241 e. The van der Waals surface area contributed by atoms with Gasteiger partial charge in [-0.25, -0.2) is 4.98 Å². The quantitative estimate of drug-likeness (QED) is 0.885. The maximum atomic E-state index is 11.1. The molecule has 0 aliphatic heterocycles. The van der Waals surface area contributed by atoms with Crippen LogP contribution in [0.5, 0.6) is 5.75 Å². The number of thiazole rings is 1. The van der Waals surface area contributed by atoms with E-state index in [9.17, 15) is 4.79 Å². The molecule has 0 radical (unpaired) electrons. The summed E-state index contributed by atoms with van der Waals surface area (Å²) in [6.07, 6.45) is 0. The number of methoxy groups -OCH3 is 1. The third-order valence-corrected chi connectivity index (χ3v) is 3.15. The second-order valence-corrected chi connectivity index (χ2v) is 4.31. The minimum absolute atomic E-state index is 0. The Balaban J connectivity index is 0.00000144. The molecule has 0 saturated carbocycles. The average Bonchev–Trinajstić information content (AvgIpc) is 2.70. The summed E-state index contributed by atoms with van der Waals surface area (Å²) in [5.74, 6) is 0.354. The molecule has 1 aromatic heterocycles. The van der Waals surface area contributed by atoms with Crippen molar-refractivity contribution in [3.8, 4) is 5.75 Å². The zero-order chi connectivity index (χ0) is 11.5. The molecule has 0 spiro atoms. The molecule has 2 aromatic rings. The van der Waals surface area contributed by atoms with Crippen molar-refractivity contribution in [3.63, 3.8) is 0 Å². The fourth-order valence-corrected chi connectivity index (χ4v) is 2.26. The highest BCUT2D eigenvalue weighted by molar-refractivity contribution is 7.22. The van der Waals surface area contributed by atoms with Crippen molar-refractivity contribution in [2.24, 2.45) is 0 Å². The van der Waals surface area contributed by atoms with Crippen molar-refractivity contribution in [2.75, 3.05) is 18.3 Å². The van der Waals surface area contributed by atoms with Crippen LogP contribution in [0.1, 0.15) is 0 Å². The Hall–Kier alpha value is -1.04. The van der Waals surface area contributed by atoms with Crippen LogP contribution in [0.15, 0.2) is 18.2 Å². The van der Waals surface area contributed by atoms with E-state index >= 15 is 0 Å². The molecule has 0 atom stereocenters. The Bertz CT molecular complexity index is 530. The van der Waals surface area contributed by atoms with E-state index in [-0.39, 0.29) is 24.2 Å². The molecular formula is C10H10Cl2N2O2S. The van der Waals surface area contributed by atoms with Gasteiger partial charge in [0, 0.05) is 0 Å². The van der Waals surface area contributed by atoms with Gasteiger partial charge in [0.15, 0.2) is 5.13 Å². The lowest BCUT2D eigenvalue weighted by Crippen LogP contribution is -2.11. The Labute approximate surface area is 113 Å². The first-order valence-corrected chi connectivity index (χ1v) is 5.89. The molecule has 0 saturated heterocycles. The minimum atomic E-state index is -0.264. The highest BCUT2D eigenvalue weighted by Crippen LogP contribution is 2.31. The maximum absolute atomic E-state index is 11.1. The molecule has 17 heavy (non-hydrogen) atoms. The molecule has 1 N–H and O–H groups in total. The number of fused-ring (bicyclic) bond motifs is 1. The normalized spacial score (nSPS) is 9.76. The Morgan fingerprint density at radius 2 is 2.35 bits per heavy atom. The number of rotatable bonds is 3. The molecule has 92 valence electrons. The fourth-order valence-electron chi connectivity index (χ4n) is 1.29. The van der Waals surface area contributed by atoms with Crippen LogP contribution >= 0.6 is 35.3 Å². The predicted octanol–water partition coefficient (Wildman–Crippen LogP) is 2.90. The van der Waals surface area contributed by atoms with Gasteiger partial charge in [-0.3, -0.25) is 4.79 Å². The van der Waals surface area contributed by atoms with Crippen LogP contribution in [0, 0.1) is 0 Å². The number of benzene rings is 1. The largest absolute Gasteiger partial charge is 0.494 e. The second-order valence-electron chi connectivity index (χ2n) is 3.01. The lowest BCUT2D eigenvalue weighted by atomic mass is 10.3. The SMILES string of the molecule is COc1cccc2sc(NC(=O)CCl)nc12.Cl. The molecular weight excluding hydrogens is 283 g/mol. The first-order valence-electron chi connectivity index (χ1n) is 4.54.